The minimum Gasteiger partial charge on any atom is -0.349 e. The molecule has 100 valence electrons. The molecule has 0 unspecified atom stereocenters. The molecule has 2 rings (SSSR count). The summed E-state index contributed by atoms with van der Waals surface area (Å²) in [6.45, 7) is 0.192. The largest absolute Gasteiger partial charge is 0.349 e. The Morgan fingerprint density at radius 3 is 3.00 bits per heavy atom. The molecule has 1 amide bonds. The Balaban J connectivity index is 2.14. The van der Waals surface area contributed by atoms with Crippen molar-refractivity contribution in [2.45, 2.75) is 6.54 Å². The number of nitrogens with two attached hydrogens (primary N) is 1. The molecule has 0 spiro atoms. The van der Waals surface area contributed by atoms with Crippen LogP contribution in [0.1, 0.15) is 5.69 Å². The first-order valence-corrected chi connectivity index (χ1v) is 6.51. The van der Waals surface area contributed by atoms with Crippen molar-refractivity contribution in [3.8, 4) is 5.69 Å². The Bertz CT molecular complexity index is 601. The van der Waals surface area contributed by atoms with E-state index in [1.807, 2.05) is 22.6 Å². The fourth-order valence-corrected chi connectivity index (χ4v) is 2.15. The van der Waals surface area contributed by atoms with E-state index in [2.05, 4.69) is 15.6 Å². The van der Waals surface area contributed by atoms with Gasteiger partial charge in [0.15, 0.2) is 0 Å². The predicted molar refractivity (Wildman–Crippen MR) is 74.9 cm³/mol. The molecule has 1 aromatic heterocycles. The van der Waals surface area contributed by atoms with Crippen LogP contribution in [0.25, 0.3) is 5.69 Å². The normalized spacial score (nSPS) is 10.5. The zero-order valence-electron chi connectivity index (χ0n) is 9.81. The second-order valence-corrected chi connectivity index (χ2v) is 4.89. The molecule has 0 atom stereocenters. The molecule has 0 saturated carbocycles. The van der Waals surface area contributed by atoms with Gasteiger partial charge in [0.05, 0.1) is 25.0 Å². The van der Waals surface area contributed by atoms with Gasteiger partial charge in [0, 0.05) is 3.57 Å². The predicted octanol–water partition coefficient (Wildman–Crippen LogP) is 0.586. The molecule has 3 N–H and O–H groups in total. The third-order valence-electron chi connectivity index (χ3n) is 2.35. The molecular weight excluding hydrogens is 364 g/mol. The topological polar surface area (TPSA) is 85.8 Å². The number of carbonyl (C=O) groups is 1. The number of rotatable bonds is 4. The maximum Gasteiger partial charge on any atom is 0.234 e. The van der Waals surface area contributed by atoms with Crippen LogP contribution in [-0.2, 0) is 11.3 Å². The van der Waals surface area contributed by atoms with E-state index in [-0.39, 0.29) is 24.8 Å². The quantitative estimate of drug-likeness (QED) is 0.766. The maximum atomic E-state index is 13.0. The van der Waals surface area contributed by atoms with Crippen molar-refractivity contribution in [1.82, 2.24) is 20.3 Å². The van der Waals surface area contributed by atoms with Crippen LogP contribution in [0, 0.1) is 9.39 Å². The summed E-state index contributed by atoms with van der Waals surface area (Å²) in [6, 6.07) is 4.39. The molecule has 1 heterocycles. The van der Waals surface area contributed by atoms with Gasteiger partial charge in [-0.25, -0.2) is 9.07 Å². The monoisotopic (exact) mass is 375 g/mol. The smallest absolute Gasteiger partial charge is 0.234 e. The summed E-state index contributed by atoms with van der Waals surface area (Å²) in [6.07, 6.45) is 1.67. The van der Waals surface area contributed by atoms with Gasteiger partial charge < -0.3 is 11.1 Å². The van der Waals surface area contributed by atoms with Crippen LogP contribution in [0.5, 0.6) is 0 Å². The van der Waals surface area contributed by atoms with Crippen LogP contribution in [0.3, 0.4) is 0 Å². The highest BCUT2D eigenvalue weighted by atomic mass is 127. The highest BCUT2D eigenvalue weighted by Gasteiger charge is 2.08. The lowest BCUT2D eigenvalue weighted by Crippen LogP contribution is -2.29. The third-order valence-corrected chi connectivity index (χ3v) is 3.21. The van der Waals surface area contributed by atoms with Crippen molar-refractivity contribution < 1.29 is 9.18 Å². The number of nitrogens with zero attached hydrogens (tertiary/aromatic N) is 3. The maximum absolute atomic E-state index is 13.0. The number of carbonyl (C=O) groups excluding carboxylic acids is 1. The van der Waals surface area contributed by atoms with Gasteiger partial charge in [0.2, 0.25) is 5.91 Å². The Kier molecular flexibility index (Phi) is 4.43. The lowest BCUT2D eigenvalue weighted by atomic mass is 10.3. The number of halogens is 2. The standard InChI is InChI=1S/C11H11FIN5O/c12-7-1-2-10(9(13)3-7)18-6-8(16-17-18)5-15-11(19)4-14/h1-3,6H,4-5,14H2,(H,15,19). The molecule has 1 aromatic carbocycles. The molecule has 0 fully saturated rings. The number of amides is 1. The molecule has 2 aromatic rings. The van der Waals surface area contributed by atoms with Gasteiger partial charge in [-0.3, -0.25) is 4.79 Å². The lowest BCUT2D eigenvalue weighted by Gasteiger charge is -2.03. The molecule has 0 aliphatic heterocycles. The van der Waals surface area contributed by atoms with E-state index in [9.17, 15) is 9.18 Å². The SMILES string of the molecule is NCC(=O)NCc1cn(-c2ccc(F)cc2I)nn1. The number of aromatic nitrogens is 3. The Morgan fingerprint density at radius 1 is 1.53 bits per heavy atom. The van der Waals surface area contributed by atoms with Crippen molar-refractivity contribution in [3.05, 3.63) is 39.5 Å². The molecule has 0 aliphatic carbocycles. The molecule has 6 nitrogen and oxygen atoms in total. The number of nitrogens with one attached hydrogen (secondary N) is 1. The van der Waals surface area contributed by atoms with Gasteiger partial charge in [-0.2, -0.15) is 0 Å². The Labute approximate surface area is 122 Å². The highest BCUT2D eigenvalue weighted by Crippen LogP contribution is 2.17. The third kappa shape index (κ3) is 3.47. The average Bonchev–Trinajstić information content (AvgIpc) is 2.84. The first kappa shape index (κ1) is 13.9. The van der Waals surface area contributed by atoms with Crippen LogP contribution < -0.4 is 11.1 Å². The van der Waals surface area contributed by atoms with E-state index in [1.54, 1.807) is 12.3 Å². The van der Waals surface area contributed by atoms with E-state index in [0.717, 1.165) is 9.26 Å². The van der Waals surface area contributed by atoms with E-state index in [1.165, 1.54) is 16.8 Å². The van der Waals surface area contributed by atoms with Gasteiger partial charge >= 0.3 is 0 Å². The zero-order chi connectivity index (χ0) is 13.8. The fraction of sp³-hybridized carbons (Fsp3) is 0.182. The molecule has 0 saturated heterocycles. The van der Waals surface area contributed by atoms with Crippen molar-refractivity contribution in [2.24, 2.45) is 5.73 Å². The molecular formula is C11H11FIN5O. The zero-order valence-corrected chi connectivity index (χ0v) is 12.0. The van der Waals surface area contributed by atoms with Crippen LogP contribution in [-0.4, -0.2) is 27.4 Å². The average molecular weight is 375 g/mol. The van der Waals surface area contributed by atoms with Crippen LogP contribution in [0.4, 0.5) is 4.39 Å². The number of hydrogen-bond acceptors (Lipinski definition) is 4. The van der Waals surface area contributed by atoms with Crippen molar-refractivity contribution in [2.75, 3.05) is 6.54 Å². The first-order chi connectivity index (χ1) is 9.10. The van der Waals surface area contributed by atoms with Gasteiger partial charge in [0.25, 0.3) is 0 Å². The van der Waals surface area contributed by atoms with Crippen LogP contribution >= 0.6 is 22.6 Å². The minimum absolute atomic E-state index is 0.0655. The molecule has 0 bridgehead atoms. The van der Waals surface area contributed by atoms with Gasteiger partial charge in [-0.05, 0) is 40.8 Å². The van der Waals surface area contributed by atoms with Gasteiger partial charge in [-0.1, -0.05) is 5.21 Å². The van der Waals surface area contributed by atoms with Crippen LogP contribution in [0.2, 0.25) is 0 Å². The Hall–Kier alpha value is -1.55. The summed E-state index contributed by atoms with van der Waals surface area (Å²) in [4.78, 5) is 11.0. The van der Waals surface area contributed by atoms with Crippen molar-refractivity contribution >= 4 is 28.5 Å². The van der Waals surface area contributed by atoms with E-state index in [0.29, 0.717) is 5.69 Å². The minimum atomic E-state index is -0.302. The summed E-state index contributed by atoms with van der Waals surface area (Å²) in [5.41, 5.74) is 6.50. The number of benzene rings is 1. The van der Waals surface area contributed by atoms with E-state index >= 15 is 0 Å². The first-order valence-electron chi connectivity index (χ1n) is 5.43. The molecule has 0 aliphatic rings. The Morgan fingerprint density at radius 2 is 2.32 bits per heavy atom. The highest BCUT2D eigenvalue weighted by molar-refractivity contribution is 14.1. The van der Waals surface area contributed by atoms with E-state index in [4.69, 9.17) is 5.73 Å². The molecule has 19 heavy (non-hydrogen) atoms. The van der Waals surface area contributed by atoms with Crippen LogP contribution in [0.15, 0.2) is 24.4 Å². The summed E-state index contributed by atoms with van der Waals surface area (Å²) in [5.74, 6) is -0.561. The second-order valence-electron chi connectivity index (χ2n) is 3.73. The summed E-state index contributed by atoms with van der Waals surface area (Å²) in [5, 5.41) is 10.5. The molecule has 0 radical (unpaired) electrons. The van der Waals surface area contributed by atoms with Crippen molar-refractivity contribution in [3.63, 3.8) is 0 Å². The van der Waals surface area contributed by atoms with E-state index < -0.39 is 0 Å². The summed E-state index contributed by atoms with van der Waals surface area (Å²) in [7, 11) is 0. The van der Waals surface area contributed by atoms with Crippen molar-refractivity contribution in [1.29, 1.82) is 0 Å². The van der Waals surface area contributed by atoms with Gasteiger partial charge in [-0.15, -0.1) is 5.10 Å². The fourth-order valence-electron chi connectivity index (χ4n) is 1.43. The lowest BCUT2D eigenvalue weighted by molar-refractivity contribution is -0.119. The summed E-state index contributed by atoms with van der Waals surface area (Å²) >= 11 is 2.02. The second kappa shape index (κ2) is 6.06. The van der Waals surface area contributed by atoms with Gasteiger partial charge in [0.1, 0.15) is 11.5 Å². The summed E-state index contributed by atoms with van der Waals surface area (Å²) < 4.78 is 15.3. The number of hydrogen-bond donors (Lipinski definition) is 2. The molecule has 8 heteroatoms.